The van der Waals surface area contributed by atoms with E-state index in [1.165, 1.54) is 9.13 Å². The van der Waals surface area contributed by atoms with E-state index in [-0.39, 0.29) is 6.10 Å². The predicted molar refractivity (Wildman–Crippen MR) is 72.4 cm³/mol. The van der Waals surface area contributed by atoms with E-state index in [4.69, 9.17) is 4.74 Å². The van der Waals surface area contributed by atoms with Crippen molar-refractivity contribution in [1.82, 2.24) is 0 Å². The standard InChI is InChI=1S/C13H17IO2/c14-12-3-1-10(2-4-12)9-13(15)11-5-7-16-8-6-11/h1-4,11,13,15H,5-9H2. The van der Waals surface area contributed by atoms with Crippen LogP contribution < -0.4 is 0 Å². The molecule has 1 aliphatic rings. The summed E-state index contributed by atoms with van der Waals surface area (Å²) in [6.07, 6.45) is 2.53. The van der Waals surface area contributed by atoms with Gasteiger partial charge in [0.15, 0.2) is 0 Å². The normalized spacial score (nSPS) is 19.6. The Morgan fingerprint density at radius 2 is 1.88 bits per heavy atom. The van der Waals surface area contributed by atoms with Crippen molar-refractivity contribution in [3.8, 4) is 0 Å². The molecule has 1 heterocycles. The van der Waals surface area contributed by atoms with Crippen molar-refractivity contribution in [2.75, 3.05) is 13.2 Å². The summed E-state index contributed by atoms with van der Waals surface area (Å²) in [5.74, 6) is 0.410. The zero-order valence-electron chi connectivity index (χ0n) is 9.23. The van der Waals surface area contributed by atoms with Crippen LogP contribution in [0.5, 0.6) is 0 Å². The number of rotatable bonds is 3. The quantitative estimate of drug-likeness (QED) is 0.863. The second-order valence-corrected chi connectivity index (χ2v) is 5.59. The number of ether oxygens (including phenoxy) is 1. The minimum Gasteiger partial charge on any atom is -0.392 e. The Kier molecular flexibility index (Phi) is 4.61. The van der Waals surface area contributed by atoms with E-state index in [2.05, 4.69) is 46.9 Å². The molecule has 3 heteroatoms. The molecule has 1 N–H and O–H groups in total. The summed E-state index contributed by atoms with van der Waals surface area (Å²) in [5.41, 5.74) is 1.22. The minimum atomic E-state index is -0.219. The first-order valence-electron chi connectivity index (χ1n) is 5.76. The van der Waals surface area contributed by atoms with Gasteiger partial charge in [0.2, 0.25) is 0 Å². The average Bonchev–Trinajstić information content (AvgIpc) is 2.33. The number of hydrogen-bond acceptors (Lipinski definition) is 2. The van der Waals surface area contributed by atoms with Crippen molar-refractivity contribution in [3.05, 3.63) is 33.4 Å². The number of benzene rings is 1. The largest absolute Gasteiger partial charge is 0.392 e. The van der Waals surface area contributed by atoms with Crippen LogP contribution in [0.15, 0.2) is 24.3 Å². The first-order chi connectivity index (χ1) is 7.75. The monoisotopic (exact) mass is 332 g/mol. The molecule has 2 nitrogen and oxygen atoms in total. The highest BCUT2D eigenvalue weighted by Crippen LogP contribution is 2.21. The molecular formula is C13H17IO2. The minimum absolute atomic E-state index is 0.219. The molecule has 0 spiro atoms. The Morgan fingerprint density at radius 3 is 2.50 bits per heavy atom. The van der Waals surface area contributed by atoms with E-state index in [1.807, 2.05) is 0 Å². The van der Waals surface area contributed by atoms with Gasteiger partial charge in [0, 0.05) is 16.8 Å². The fourth-order valence-corrected chi connectivity index (χ4v) is 2.49. The fourth-order valence-electron chi connectivity index (χ4n) is 2.13. The van der Waals surface area contributed by atoms with Crippen LogP contribution in [-0.2, 0) is 11.2 Å². The first-order valence-corrected chi connectivity index (χ1v) is 6.84. The molecule has 1 saturated heterocycles. The van der Waals surface area contributed by atoms with Crippen LogP contribution >= 0.6 is 22.6 Å². The molecule has 1 unspecified atom stereocenters. The van der Waals surface area contributed by atoms with Crippen molar-refractivity contribution in [1.29, 1.82) is 0 Å². The molecule has 0 bridgehead atoms. The van der Waals surface area contributed by atoms with Gasteiger partial charge in [0.25, 0.3) is 0 Å². The molecule has 0 saturated carbocycles. The molecule has 0 aliphatic carbocycles. The summed E-state index contributed by atoms with van der Waals surface area (Å²) in [5, 5.41) is 10.1. The highest BCUT2D eigenvalue weighted by molar-refractivity contribution is 14.1. The van der Waals surface area contributed by atoms with E-state index >= 15 is 0 Å². The first kappa shape index (κ1) is 12.3. The van der Waals surface area contributed by atoms with Crippen LogP contribution in [0, 0.1) is 9.49 Å². The molecule has 1 atom stereocenters. The molecular weight excluding hydrogens is 315 g/mol. The zero-order valence-corrected chi connectivity index (χ0v) is 11.4. The Labute approximate surface area is 110 Å². The van der Waals surface area contributed by atoms with Gasteiger partial charge >= 0.3 is 0 Å². The Morgan fingerprint density at radius 1 is 1.25 bits per heavy atom. The number of hydrogen-bond donors (Lipinski definition) is 1. The third kappa shape index (κ3) is 3.43. The lowest BCUT2D eigenvalue weighted by atomic mass is 9.90. The van der Waals surface area contributed by atoms with Gasteiger partial charge in [0.05, 0.1) is 6.10 Å². The Balaban J connectivity index is 1.90. The second-order valence-electron chi connectivity index (χ2n) is 4.35. The lowest BCUT2D eigenvalue weighted by Crippen LogP contribution is -2.28. The molecule has 1 aromatic carbocycles. The van der Waals surface area contributed by atoms with Gasteiger partial charge < -0.3 is 9.84 Å². The van der Waals surface area contributed by atoms with Crippen LogP contribution in [0.25, 0.3) is 0 Å². The van der Waals surface area contributed by atoms with E-state index in [0.717, 1.165) is 32.5 Å². The van der Waals surface area contributed by atoms with Gasteiger partial charge in [0.1, 0.15) is 0 Å². The van der Waals surface area contributed by atoms with Crippen LogP contribution in [0.3, 0.4) is 0 Å². The highest BCUT2D eigenvalue weighted by atomic mass is 127. The summed E-state index contributed by atoms with van der Waals surface area (Å²) in [4.78, 5) is 0. The van der Waals surface area contributed by atoms with Crippen molar-refractivity contribution >= 4 is 22.6 Å². The van der Waals surface area contributed by atoms with E-state index in [0.29, 0.717) is 5.92 Å². The van der Waals surface area contributed by atoms with E-state index in [9.17, 15) is 5.11 Å². The topological polar surface area (TPSA) is 29.5 Å². The summed E-state index contributed by atoms with van der Waals surface area (Å²) in [6.45, 7) is 1.60. The molecule has 1 aliphatic heterocycles. The molecule has 16 heavy (non-hydrogen) atoms. The van der Waals surface area contributed by atoms with Crippen LogP contribution in [0.1, 0.15) is 18.4 Å². The fraction of sp³-hybridized carbons (Fsp3) is 0.538. The van der Waals surface area contributed by atoms with Crippen molar-refractivity contribution in [2.24, 2.45) is 5.92 Å². The van der Waals surface area contributed by atoms with Crippen molar-refractivity contribution in [3.63, 3.8) is 0 Å². The third-order valence-corrected chi connectivity index (χ3v) is 3.89. The molecule has 0 amide bonds. The molecule has 1 aromatic rings. The lowest BCUT2D eigenvalue weighted by molar-refractivity contribution is 0.00839. The molecule has 0 radical (unpaired) electrons. The molecule has 2 rings (SSSR count). The van der Waals surface area contributed by atoms with Crippen LogP contribution in [0.4, 0.5) is 0 Å². The third-order valence-electron chi connectivity index (χ3n) is 3.17. The number of aliphatic hydroxyl groups excluding tert-OH is 1. The van der Waals surface area contributed by atoms with Gasteiger partial charge in [-0.25, -0.2) is 0 Å². The van der Waals surface area contributed by atoms with Gasteiger partial charge in [-0.1, -0.05) is 12.1 Å². The maximum atomic E-state index is 10.1. The van der Waals surface area contributed by atoms with Gasteiger partial charge in [-0.2, -0.15) is 0 Å². The Bertz CT molecular complexity index is 317. The Hall–Kier alpha value is -0.130. The summed E-state index contributed by atoms with van der Waals surface area (Å²) in [6, 6.07) is 8.38. The molecule has 0 aromatic heterocycles. The predicted octanol–water partition coefficient (Wildman–Crippen LogP) is 2.62. The van der Waals surface area contributed by atoms with E-state index in [1.54, 1.807) is 0 Å². The molecule has 88 valence electrons. The number of aliphatic hydroxyl groups is 1. The summed E-state index contributed by atoms with van der Waals surface area (Å²) >= 11 is 2.29. The van der Waals surface area contributed by atoms with Crippen LogP contribution in [0.2, 0.25) is 0 Å². The maximum Gasteiger partial charge on any atom is 0.0610 e. The second kappa shape index (κ2) is 5.98. The average molecular weight is 332 g/mol. The maximum absolute atomic E-state index is 10.1. The van der Waals surface area contributed by atoms with Crippen LogP contribution in [-0.4, -0.2) is 24.4 Å². The van der Waals surface area contributed by atoms with Crippen molar-refractivity contribution in [2.45, 2.75) is 25.4 Å². The SMILES string of the molecule is OC(Cc1ccc(I)cc1)C1CCOCC1. The molecule has 1 fully saturated rings. The zero-order chi connectivity index (χ0) is 11.4. The highest BCUT2D eigenvalue weighted by Gasteiger charge is 2.22. The van der Waals surface area contributed by atoms with Gasteiger partial charge in [-0.3, -0.25) is 0 Å². The van der Waals surface area contributed by atoms with E-state index < -0.39 is 0 Å². The van der Waals surface area contributed by atoms with Crippen molar-refractivity contribution < 1.29 is 9.84 Å². The van der Waals surface area contributed by atoms with Gasteiger partial charge in [-0.05, 0) is 65.5 Å². The summed E-state index contributed by atoms with van der Waals surface area (Å²) in [7, 11) is 0. The van der Waals surface area contributed by atoms with Gasteiger partial charge in [-0.15, -0.1) is 0 Å². The number of halogens is 1. The lowest BCUT2D eigenvalue weighted by Gasteiger charge is -2.26. The summed E-state index contributed by atoms with van der Waals surface area (Å²) < 4.78 is 6.54. The smallest absolute Gasteiger partial charge is 0.0610 e.